The van der Waals surface area contributed by atoms with Crippen LogP contribution in [0.3, 0.4) is 0 Å². The first-order chi connectivity index (χ1) is 16.7. The minimum absolute atomic E-state index is 0.465. The molecule has 11 heteroatoms. The van der Waals surface area contributed by atoms with Crippen LogP contribution < -0.4 is 0 Å². The number of benzene rings is 2. The Labute approximate surface area is 196 Å². The Balaban J connectivity index is 1.23. The molecule has 1 atom stereocenters. The van der Waals surface area contributed by atoms with Gasteiger partial charge in [-0.15, -0.1) is 16.4 Å². The Kier molecular flexibility index (Phi) is 4.11. The first-order valence-electron chi connectivity index (χ1n) is 10.8. The summed E-state index contributed by atoms with van der Waals surface area (Å²) in [5.74, 6) is 0. The highest BCUT2D eigenvalue weighted by Gasteiger charge is 2.30. The second kappa shape index (κ2) is 7.20. The molecule has 0 fully saturated rings. The lowest BCUT2D eigenvalue weighted by atomic mass is 10.1. The van der Waals surface area contributed by atoms with Gasteiger partial charge in [0.05, 0.1) is 40.4 Å². The van der Waals surface area contributed by atoms with E-state index < -0.39 is 6.23 Å². The Morgan fingerprint density at radius 3 is 2.85 bits per heavy atom. The molecule has 34 heavy (non-hydrogen) atoms. The topological polar surface area (TPSA) is 124 Å². The summed E-state index contributed by atoms with van der Waals surface area (Å²) >= 11 is 1.63. The largest absolute Gasteiger partial charge is 0.367 e. The van der Waals surface area contributed by atoms with Crippen molar-refractivity contribution in [2.75, 3.05) is 0 Å². The predicted molar refractivity (Wildman–Crippen MR) is 129 cm³/mol. The lowest BCUT2D eigenvalue weighted by Gasteiger charge is -2.29. The van der Waals surface area contributed by atoms with Crippen molar-refractivity contribution in [3.05, 3.63) is 70.0 Å². The number of thiazole rings is 1. The highest BCUT2D eigenvalue weighted by atomic mass is 32.1. The molecule has 7 rings (SSSR count). The van der Waals surface area contributed by atoms with Gasteiger partial charge in [-0.1, -0.05) is 29.5 Å². The molecule has 0 radical (unpaired) electrons. The molecule has 3 N–H and O–H groups in total. The van der Waals surface area contributed by atoms with Crippen LogP contribution in [0.25, 0.3) is 32.3 Å². The van der Waals surface area contributed by atoms with E-state index in [4.69, 9.17) is 4.98 Å². The number of nitrogens with one attached hydrogen (secondary N) is 2. The Morgan fingerprint density at radius 1 is 1.09 bits per heavy atom. The van der Waals surface area contributed by atoms with Crippen molar-refractivity contribution in [1.82, 2.24) is 40.2 Å². The first-order valence-corrected chi connectivity index (χ1v) is 11.7. The lowest BCUT2D eigenvalue weighted by molar-refractivity contribution is -0.00972. The monoisotopic (exact) mass is 469 g/mol. The first kappa shape index (κ1) is 19.4. The SMILES string of the molecule is Cn1c2c(c3sc(Cc4cccc5[nH]nnc45)nc31)C=NN(Cc1cccc3[nH]ncc13)C2O. The van der Waals surface area contributed by atoms with Gasteiger partial charge in [0.25, 0.3) is 0 Å². The number of hydrazone groups is 1. The van der Waals surface area contributed by atoms with Crippen LogP contribution in [0.2, 0.25) is 0 Å². The summed E-state index contributed by atoms with van der Waals surface area (Å²) in [6.07, 6.45) is 3.43. The van der Waals surface area contributed by atoms with Crippen LogP contribution in [-0.4, -0.2) is 51.5 Å². The molecular weight excluding hydrogens is 450 g/mol. The maximum absolute atomic E-state index is 11.2. The molecule has 2 aromatic carbocycles. The molecule has 6 aromatic rings. The highest BCUT2D eigenvalue weighted by molar-refractivity contribution is 7.19. The summed E-state index contributed by atoms with van der Waals surface area (Å²) < 4.78 is 3.00. The summed E-state index contributed by atoms with van der Waals surface area (Å²) in [6.45, 7) is 0.465. The minimum atomic E-state index is -0.874. The lowest BCUT2D eigenvalue weighted by Crippen LogP contribution is -2.29. The maximum Gasteiger partial charge on any atom is 0.184 e. The van der Waals surface area contributed by atoms with Crippen molar-refractivity contribution in [3.8, 4) is 0 Å². The number of aliphatic hydroxyl groups is 1. The number of aryl methyl sites for hydroxylation is 1. The van der Waals surface area contributed by atoms with Gasteiger partial charge in [0.2, 0.25) is 0 Å². The summed E-state index contributed by atoms with van der Waals surface area (Å²) in [5.41, 5.74) is 7.44. The molecule has 0 aliphatic carbocycles. The number of hydrogen-bond donors (Lipinski definition) is 3. The zero-order valence-corrected chi connectivity index (χ0v) is 18.9. The van der Waals surface area contributed by atoms with Crippen LogP contribution in [0.5, 0.6) is 0 Å². The van der Waals surface area contributed by atoms with E-state index in [1.54, 1.807) is 22.5 Å². The van der Waals surface area contributed by atoms with Gasteiger partial charge in [0.15, 0.2) is 11.9 Å². The second-order valence-electron chi connectivity index (χ2n) is 8.38. The van der Waals surface area contributed by atoms with E-state index in [0.717, 1.165) is 59.7 Å². The fourth-order valence-electron chi connectivity index (χ4n) is 4.72. The van der Waals surface area contributed by atoms with E-state index in [-0.39, 0.29) is 0 Å². The predicted octanol–water partition coefficient (Wildman–Crippen LogP) is 3.21. The van der Waals surface area contributed by atoms with E-state index in [9.17, 15) is 5.11 Å². The van der Waals surface area contributed by atoms with Gasteiger partial charge in [0.1, 0.15) is 10.5 Å². The number of H-pyrrole nitrogens is 2. The van der Waals surface area contributed by atoms with Crippen molar-refractivity contribution < 1.29 is 5.11 Å². The molecule has 1 aliphatic heterocycles. The zero-order valence-electron chi connectivity index (χ0n) is 18.1. The van der Waals surface area contributed by atoms with Crippen molar-refractivity contribution in [2.45, 2.75) is 19.2 Å². The molecule has 0 amide bonds. The summed E-state index contributed by atoms with van der Waals surface area (Å²) in [6, 6.07) is 12.0. The third-order valence-corrected chi connectivity index (χ3v) is 7.48. The van der Waals surface area contributed by atoms with E-state index in [0.29, 0.717) is 13.0 Å². The second-order valence-corrected chi connectivity index (χ2v) is 9.47. The van der Waals surface area contributed by atoms with Crippen LogP contribution in [0.15, 0.2) is 47.7 Å². The number of aromatic nitrogens is 7. The highest BCUT2D eigenvalue weighted by Crippen LogP contribution is 2.37. The smallest absolute Gasteiger partial charge is 0.184 e. The number of nitrogens with zero attached hydrogens (tertiary/aromatic N) is 7. The van der Waals surface area contributed by atoms with Crippen molar-refractivity contribution >= 4 is 49.8 Å². The summed E-state index contributed by atoms with van der Waals surface area (Å²) in [7, 11) is 1.94. The van der Waals surface area contributed by atoms with Crippen LogP contribution in [0, 0.1) is 0 Å². The van der Waals surface area contributed by atoms with Crippen molar-refractivity contribution in [3.63, 3.8) is 0 Å². The van der Waals surface area contributed by atoms with Gasteiger partial charge in [0, 0.05) is 24.4 Å². The van der Waals surface area contributed by atoms with E-state index >= 15 is 0 Å². The molecule has 1 aliphatic rings. The Hall–Kier alpha value is -4.09. The average molecular weight is 470 g/mol. The molecule has 168 valence electrons. The molecule has 0 saturated heterocycles. The van der Waals surface area contributed by atoms with Crippen molar-refractivity contribution in [1.29, 1.82) is 0 Å². The standard InChI is InChI=1S/C23H19N9OS/c1-31-20-15(10-25-32(23(20)33)11-13-5-3-6-16-14(13)9-24-27-16)21-22(31)26-18(34-21)8-12-4-2-7-17-19(12)29-30-28-17/h2-7,9-10,23,33H,8,11H2,1H3,(H,24,27)(H,28,29,30). The average Bonchev–Trinajstić information content (AvgIpc) is 3.62. The van der Waals surface area contributed by atoms with Gasteiger partial charge >= 0.3 is 0 Å². The van der Waals surface area contributed by atoms with Gasteiger partial charge < -0.3 is 9.67 Å². The van der Waals surface area contributed by atoms with E-state index in [1.165, 1.54) is 0 Å². The van der Waals surface area contributed by atoms with Crippen LogP contribution >= 0.6 is 11.3 Å². The van der Waals surface area contributed by atoms with Gasteiger partial charge in [-0.2, -0.15) is 10.2 Å². The number of aromatic amines is 2. The molecule has 0 saturated carbocycles. The van der Waals surface area contributed by atoms with Crippen LogP contribution in [0.4, 0.5) is 0 Å². The van der Waals surface area contributed by atoms with Crippen LogP contribution in [0.1, 0.15) is 33.6 Å². The fourth-order valence-corrected chi connectivity index (χ4v) is 5.86. The molecule has 4 aromatic heterocycles. The van der Waals surface area contributed by atoms with Gasteiger partial charge in [-0.25, -0.2) is 4.98 Å². The van der Waals surface area contributed by atoms with Crippen molar-refractivity contribution in [2.24, 2.45) is 12.1 Å². The van der Waals surface area contributed by atoms with E-state index in [2.05, 4.69) is 36.8 Å². The number of hydrogen-bond acceptors (Lipinski definition) is 8. The van der Waals surface area contributed by atoms with E-state index in [1.807, 2.05) is 48.2 Å². The maximum atomic E-state index is 11.2. The fraction of sp³-hybridized carbons (Fsp3) is 0.174. The molecular formula is C23H19N9OS. The van der Waals surface area contributed by atoms with Gasteiger partial charge in [-0.05, 0) is 23.3 Å². The quantitative estimate of drug-likeness (QED) is 0.364. The number of rotatable bonds is 4. The zero-order chi connectivity index (χ0) is 22.8. The molecule has 10 nitrogen and oxygen atoms in total. The number of fused-ring (bicyclic) bond motifs is 5. The normalized spacial score (nSPS) is 15.7. The Bertz CT molecular complexity index is 1720. The molecule has 5 heterocycles. The molecule has 0 spiro atoms. The third kappa shape index (κ3) is 2.80. The van der Waals surface area contributed by atoms with Crippen LogP contribution in [-0.2, 0) is 20.0 Å². The Morgan fingerprint density at radius 2 is 1.94 bits per heavy atom. The summed E-state index contributed by atoms with van der Waals surface area (Å²) in [4.78, 5) is 4.90. The number of aliphatic hydroxyl groups excluding tert-OH is 1. The molecule has 1 unspecified atom stereocenters. The molecule has 0 bridgehead atoms. The third-order valence-electron chi connectivity index (χ3n) is 6.40. The summed E-state index contributed by atoms with van der Waals surface area (Å²) in [5, 5.41) is 37.7. The van der Waals surface area contributed by atoms with Gasteiger partial charge in [-0.3, -0.25) is 15.2 Å². The minimum Gasteiger partial charge on any atom is -0.367 e.